The van der Waals surface area contributed by atoms with Crippen molar-refractivity contribution in [2.75, 3.05) is 36.5 Å². The third kappa shape index (κ3) is 4.51. The Bertz CT molecular complexity index is 850. The van der Waals surface area contributed by atoms with E-state index in [2.05, 4.69) is 19.8 Å². The summed E-state index contributed by atoms with van der Waals surface area (Å²) in [5.41, 5.74) is 0.839. The zero-order valence-electron chi connectivity index (χ0n) is 14.6. The molecule has 0 saturated carbocycles. The molecule has 0 atom stereocenters. The van der Waals surface area contributed by atoms with Gasteiger partial charge in [0, 0.05) is 18.8 Å². The number of thioether (sulfide) groups is 1. The Morgan fingerprint density at radius 3 is 2.65 bits per heavy atom. The van der Waals surface area contributed by atoms with Crippen LogP contribution in [0.4, 0.5) is 5.95 Å². The van der Waals surface area contributed by atoms with Gasteiger partial charge in [-0.05, 0) is 38.4 Å². The van der Waals surface area contributed by atoms with E-state index in [9.17, 15) is 8.42 Å². The molecule has 1 aliphatic rings. The minimum absolute atomic E-state index is 0.0930. The molecule has 0 unspecified atom stereocenters. The molecule has 2 heterocycles. The lowest BCUT2D eigenvalue weighted by molar-refractivity contribution is 0.587. The van der Waals surface area contributed by atoms with Gasteiger partial charge in [0.2, 0.25) is 16.0 Å². The minimum Gasteiger partial charge on any atom is -0.341 e. The van der Waals surface area contributed by atoms with Crippen molar-refractivity contribution in [1.29, 1.82) is 0 Å². The third-order valence-corrected chi connectivity index (χ3v) is 6.98. The Kier molecular flexibility index (Phi) is 6.44. The van der Waals surface area contributed by atoms with Crippen molar-refractivity contribution >= 4 is 39.3 Å². The van der Waals surface area contributed by atoms with E-state index in [1.54, 1.807) is 0 Å². The zero-order valence-corrected chi connectivity index (χ0v) is 16.9. The van der Waals surface area contributed by atoms with Gasteiger partial charge in [0.1, 0.15) is 0 Å². The molecule has 1 N–H and O–H groups in total. The van der Waals surface area contributed by atoms with Crippen LogP contribution in [0, 0.1) is 0 Å². The summed E-state index contributed by atoms with van der Waals surface area (Å²) >= 11 is 7.91. The molecule has 142 valence electrons. The monoisotopic (exact) mass is 415 g/mol. The number of nitrogens with one attached hydrogen (secondary N) is 1. The fourth-order valence-corrected chi connectivity index (χ4v) is 4.85. The Labute approximate surface area is 163 Å². The second kappa shape index (κ2) is 8.60. The zero-order chi connectivity index (χ0) is 18.6. The van der Waals surface area contributed by atoms with Crippen LogP contribution in [-0.4, -0.2) is 54.8 Å². The first-order chi connectivity index (χ1) is 12.5. The highest BCUT2D eigenvalue weighted by Crippen LogP contribution is 2.32. The summed E-state index contributed by atoms with van der Waals surface area (Å²) in [6, 6.07) is 7.61. The smallest absolute Gasteiger partial charge is 0.232 e. The van der Waals surface area contributed by atoms with Crippen LogP contribution >= 0.6 is 23.4 Å². The Morgan fingerprint density at radius 2 is 1.96 bits per heavy atom. The Hall–Kier alpha value is -1.29. The van der Waals surface area contributed by atoms with E-state index in [1.807, 2.05) is 28.8 Å². The van der Waals surface area contributed by atoms with Gasteiger partial charge in [-0.1, -0.05) is 35.5 Å². The Balaban J connectivity index is 1.82. The number of halogens is 1. The third-order valence-electron chi connectivity index (χ3n) is 4.20. The van der Waals surface area contributed by atoms with Crippen LogP contribution in [0.2, 0.25) is 5.02 Å². The van der Waals surface area contributed by atoms with Gasteiger partial charge in [0.05, 0.1) is 16.5 Å². The maximum absolute atomic E-state index is 11.5. The fourth-order valence-electron chi connectivity index (χ4n) is 2.84. The highest BCUT2D eigenvalue weighted by molar-refractivity contribution is 7.99. The number of rotatable bonds is 8. The molecule has 1 fully saturated rings. The number of aromatic nitrogens is 3. The molecule has 1 saturated heterocycles. The van der Waals surface area contributed by atoms with Crippen molar-refractivity contribution in [1.82, 2.24) is 19.5 Å². The molecule has 1 aromatic heterocycles. The largest absolute Gasteiger partial charge is 0.341 e. The summed E-state index contributed by atoms with van der Waals surface area (Å²) in [6.45, 7) is 1.90. The average molecular weight is 416 g/mol. The van der Waals surface area contributed by atoms with Gasteiger partial charge in [0.25, 0.3) is 0 Å². The van der Waals surface area contributed by atoms with E-state index in [4.69, 9.17) is 11.6 Å². The normalized spacial score (nSPS) is 14.9. The lowest BCUT2D eigenvalue weighted by atomic mass is 10.3. The van der Waals surface area contributed by atoms with Gasteiger partial charge in [-0.15, -0.1) is 10.2 Å². The summed E-state index contributed by atoms with van der Waals surface area (Å²) in [6.07, 6.45) is 2.81. The molecular weight excluding hydrogens is 394 g/mol. The van der Waals surface area contributed by atoms with Gasteiger partial charge >= 0.3 is 0 Å². The van der Waals surface area contributed by atoms with Crippen LogP contribution in [0.3, 0.4) is 0 Å². The summed E-state index contributed by atoms with van der Waals surface area (Å²) in [5, 5.41) is 10.1. The van der Waals surface area contributed by atoms with E-state index in [0.717, 1.165) is 42.7 Å². The molecule has 0 radical (unpaired) electrons. The minimum atomic E-state index is -3.19. The molecule has 2 aromatic rings. The molecule has 0 bridgehead atoms. The highest BCUT2D eigenvalue weighted by atomic mass is 35.5. The van der Waals surface area contributed by atoms with Crippen molar-refractivity contribution in [3.05, 3.63) is 29.3 Å². The predicted molar refractivity (Wildman–Crippen MR) is 106 cm³/mol. The van der Waals surface area contributed by atoms with E-state index in [-0.39, 0.29) is 5.75 Å². The predicted octanol–water partition coefficient (Wildman–Crippen LogP) is 2.55. The molecule has 0 spiro atoms. The number of para-hydroxylation sites is 1. The van der Waals surface area contributed by atoms with Crippen molar-refractivity contribution in [3.63, 3.8) is 0 Å². The average Bonchev–Trinajstić information content (AvgIpc) is 3.29. The number of hydrogen-bond donors (Lipinski definition) is 1. The summed E-state index contributed by atoms with van der Waals surface area (Å²) in [5.74, 6) is 1.51. The molecule has 10 heteroatoms. The molecule has 3 rings (SSSR count). The topological polar surface area (TPSA) is 80.1 Å². The second-order valence-corrected chi connectivity index (χ2v) is 9.50. The molecule has 0 aliphatic carbocycles. The lowest BCUT2D eigenvalue weighted by Crippen LogP contribution is -2.22. The first-order valence-corrected chi connectivity index (χ1v) is 11.5. The molecular formula is C16H22ClN5O2S2. The van der Waals surface area contributed by atoms with Crippen LogP contribution in [0.5, 0.6) is 0 Å². The summed E-state index contributed by atoms with van der Waals surface area (Å²) < 4.78 is 27.4. The fraction of sp³-hybridized carbons (Fsp3) is 0.500. The van der Waals surface area contributed by atoms with Crippen molar-refractivity contribution < 1.29 is 8.42 Å². The molecule has 1 aliphatic heterocycles. The van der Waals surface area contributed by atoms with Crippen LogP contribution in [0.1, 0.15) is 19.3 Å². The van der Waals surface area contributed by atoms with E-state index in [0.29, 0.717) is 17.2 Å². The number of nitrogens with zero attached hydrogens (tertiary/aromatic N) is 4. The maximum atomic E-state index is 11.5. The van der Waals surface area contributed by atoms with Crippen molar-refractivity contribution in [2.45, 2.75) is 24.4 Å². The molecule has 26 heavy (non-hydrogen) atoms. The van der Waals surface area contributed by atoms with E-state index in [1.165, 1.54) is 18.8 Å². The SMILES string of the molecule is CNS(=O)(=O)CCCSc1nnc(N2CCCC2)n1-c1ccccc1Cl. The van der Waals surface area contributed by atoms with Crippen molar-refractivity contribution in [2.24, 2.45) is 0 Å². The maximum Gasteiger partial charge on any atom is 0.232 e. The number of anilines is 1. The van der Waals surface area contributed by atoms with E-state index < -0.39 is 10.0 Å². The molecule has 1 aromatic carbocycles. The first-order valence-electron chi connectivity index (χ1n) is 8.51. The summed E-state index contributed by atoms with van der Waals surface area (Å²) in [7, 11) is -1.76. The summed E-state index contributed by atoms with van der Waals surface area (Å²) in [4.78, 5) is 2.21. The standard InChI is InChI=1S/C16H22ClN5O2S2/c1-18-26(23,24)12-6-11-25-16-20-19-15(21-9-4-5-10-21)22(16)14-8-3-2-7-13(14)17/h2-3,7-8,18H,4-6,9-12H2,1H3. The van der Waals surface area contributed by atoms with Gasteiger partial charge < -0.3 is 4.90 Å². The number of sulfonamides is 1. The van der Waals surface area contributed by atoms with Gasteiger partial charge in [-0.25, -0.2) is 13.1 Å². The molecule has 7 nitrogen and oxygen atoms in total. The van der Waals surface area contributed by atoms with Crippen LogP contribution in [0.25, 0.3) is 5.69 Å². The lowest BCUT2D eigenvalue weighted by Gasteiger charge is -2.19. The quantitative estimate of drug-likeness (QED) is 0.527. The van der Waals surface area contributed by atoms with Gasteiger partial charge in [-0.2, -0.15) is 0 Å². The van der Waals surface area contributed by atoms with Crippen LogP contribution in [0.15, 0.2) is 29.4 Å². The van der Waals surface area contributed by atoms with E-state index >= 15 is 0 Å². The van der Waals surface area contributed by atoms with Crippen molar-refractivity contribution in [3.8, 4) is 5.69 Å². The second-order valence-electron chi connectivity index (χ2n) is 5.99. The number of benzene rings is 1. The first kappa shape index (κ1) is 19.5. The van der Waals surface area contributed by atoms with Crippen LogP contribution in [-0.2, 0) is 10.0 Å². The van der Waals surface area contributed by atoms with Gasteiger partial charge in [0.15, 0.2) is 5.16 Å². The Morgan fingerprint density at radius 1 is 1.23 bits per heavy atom. The van der Waals surface area contributed by atoms with Crippen LogP contribution < -0.4 is 9.62 Å². The number of hydrogen-bond acceptors (Lipinski definition) is 6. The highest BCUT2D eigenvalue weighted by Gasteiger charge is 2.23. The van der Waals surface area contributed by atoms with Gasteiger partial charge in [-0.3, -0.25) is 4.57 Å². The molecule has 0 amide bonds.